The van der Waals surface area contributed by atoms with E-state index >= 15 is 0 Å². The van der Waals surface area contributed by atoms with Crippen molar-refractivity contribution in [2.75, 3.05) is 27.2 Å². The summed E-state index contributed by atoms with van der Waals surface area (Å²) in [5, 5.41) is 5.15. The third kappa shape index (κ3) is 5.31. The molecule has 1 aromatic carbocycles. The molecule has 3 heterocycles. The van der Waals surface area contributed by atoms with Gasteiger partial charge in [-0.1, -0.05) is 23.7 Å². The molecule has 4 rings (SSSR count). The van der Waals surface area contributed by atoms with E-state index in [1.807, 2.05) is 38.1 Å². The van der Waals surface area contributed by atoms with Crippen LogP contribution in [-0.4, -0.2) is 58.8 Å². The van der Waals surface area contributed by atoms with E-state index in [2.05, 4.69) is 22.1 Å². The molecule has 1 atom stereocenters. The van der Waals surface area contributed by atoms with Crippen LogP contribution in [0.2, 0.25) is 5.15 Å². The first-order valence-electron chi connectivity index (χ1n) is 11.7. The maximum Gasteiger partial charge on any atom is 0.289 e. The van der Waals surface area contributed by atoms with Crippen LogP contribution in [0.5, 0.6) is 5.75 Å². The summed E-state index contributed by atoms with van der Waals surface area (Å²) in [6.07, 6.45) is 4.31. The van der Waals surface area contributed by atoms with Crippen LogP contribution in [-0.2, 0) is 20.0 Å². The van der Waals surface area contributed by atoms with Gasteiger partial charge >= 0.3 is 0 Å². The molecule has 34 heavy (non-hydrogen) atoms. The first kappa shape index (κ1) is 24.4. The predicted molar refractivity (Wildman–Crippen MR) is 132 cm³/mol. The van der Waals surface area contributed by atoms with Gasteiger partial charge in [-0.15, -0.1) is 0 Å². The lowest BCUT2D eigenvalue weighted by Crippen LogP contribution is -2.47. The number of halogens is 1. The van der Waals surface area contributed by atoms with Gasteiger partial charge in [0.05, 0.1) is 19.1 Å². The Morgan fingerprint density at radius 2 is 2.06 bits per heavy atom. The number of rotatable bonds is 8. The molecule has 0 saturated carbocycles. The molecule has 0 radical (unpaired) electrons. The molecule has 1 fully saturated rings. The highest BCUT2D eigenvalue weighted by molar-refractivity contribution is 6.30. The number of furan rings is 1. The van der Waals surface area contributed by atoms with Gasteiger partial charge in [0.15, 0.2) is 5.76 Å². The van der Waals surface area contributed by atoms with Crippen molar-refractivity contribution in [3.8, 4) is 5.75 Å². The average molecular weight is 485 g/mol. The number of ether oxygens (including phenoxy) is 1. The number of carbonyl (C=O) groups is 1. The molecule has 3 aromatic rings. The van der Waals surface area contributed by atoms with Crippen molar-refractivity contribution in [3.05, 3.63) is 70.4 Å². The smallest absolute Gasteiger partial charge is 0.289 e. The molecule has 182 valence electrons. The molecule has 2 aromatic heterocycles. The molecule has 8 heteroatoms. The van der Waals surface area contributed by atoms with Crippen LogP contribution in [0.3, 0.4) is 0 Å². The zero-order valence-electron chi connectivity index (χ0n) is 20.3. The summed E-state index contributed by atoms with van der Waals surface area (Å²) < 4.78 is 12.6. The number of piperidine rings is 1. The number of carbonyl (C=O) groups excluding carboxylic acids is 1. The molecule has 0 unspecified atom stereocenters. The first-order valence-corrected chi connectivity index (χ1v) is 12.1. The van der Waals surface area contributed by atoms with E-state index in [9.17, 15) is 4.79 Å². The molecule has 0 N–H and O–H groups in total. The Labute approximate surface area is 206 Å². The van der Waals surface area contributed by atoms with E-state index in [0.717, 1.165) is 61.5 Å². The number of methoxy groups -OCH3 is 1. The topological polar surface area (TPSA) is 63.7 Å². The Morgan fingerprint density at radius 3 is 2.68 bits per heavy atom. The summed E-state index contributed by atoms with van der Waals surface area (Å²) in [4.78, 5) is 17.5. The Balaban J connectivity index is 1.49. The molecule has 0 aliphatic carbocycles. The van der Waals surface area contributed by atoms with Gasteiger partial charge in [-0.3, -0.25) is 14.4 Å². The lowest BCUT2D eigenvalue weighted by Gasteiger charge is -2.40. The van der Waals surface area contributed by atoms with Crippen LogP contribution in [0.15, 0.2) is 47.1 Å². The number of likely N-dealkylation sites (tertiary alicyclic amines) is 1. The number of likely N-dealkylation sites (N-methyl/N-ethyl adjacent to an activating group) is 1. The van der Waals surface area contributed by atoms with E-state index in [1.54, 1.807) is 30.2 Å². The van der Waals surface area contributed by atoms with Crippen molar-refractivity contribution in [2.45, 2.75) is 38.8 Å². The summed E-state index contributed by atoms with van der Waals surface area (Å²) in [6.45, 7) is 4.71. The summed E-state index contributed by atoms with van der Waals surface area (Å²) in [6, 6.07) is 11.6. The second-order valence-electron chi connectivity index (χ2n) is 9.11. The highest BCUT2D eigenvalue weighted by Crippen LogP contribution is 2.30. The number of nitrogens with zero attached hydrogens (tertiary/aromatic N) is 4. The quantitative estimate of drug-likeness (QED) is 0.468. The van der Waals surface area contributed by atoms with Crippen molar-refractivity contribution < 1.29 is 13.9 Å². The zero-order chi connectivity index (χ0) is 24.2. The summed E-state index contributed by atoms with van der Waals surface area (Å²) in [5.74, 6) is 1.49. The van der Waals surface area contributed by atoms with Crippen molar-refractivity contribution in [2.24, 2.45) is 13.0 Å². The predicted octanol–water partition coefficient (Wildman–Crippen LogP) is 4.58. The largest absolute Gasteiger partial charge is 0.497 e. The van der Waals surface area contributed by atoms with Gasteiger partial charge in [-0.25, -0.2) is 0 Å². The number of aromatic nitrogens is 2. The molecule has 1 saturated heterocycles. The number of hydrogen-bond acceptors (Lipinski definition) is 5. The molecule has 0 spiro atoms. The second-order valence-corrected chi connectivity index (χ2v) is 9.47. The van der Waals surface area contributed by atoms with Gasteiger partial charge in [0, 0.05) is 32.2 Å². The minimum absolute atomic E-state index is 0.0515. The van der Waals surface area contributed by atoms with E-state index in [0.29, 0.717) is 16.8 Å². The summed E-state index contributed by atoms with van der Waals surface area (Å²) in [7, 11) is 5.44. The van der Waals surface area contributed by atoms with Crippen LogP contribution in [0.25, 0.3) is 0 Å². The van der Waals surface area contributed by atoms with E-state index in [1.165, 1.54) is 0 Å². The lowest BCUT2D eigenvalue weighted by molar-refractivity contribution is 0.0556. The normalized spacial score (nSPS) is 15.9. The summed E-state index contributed by atoms with van der Waals surface area (Å²) in [5.41, 5.74) is 3.23. The second kappa shape index (κ2) is 10.7. The van der Waals surface area contributed by atoms with Crippen molar-refractivity contribution in [1.82, 2.24) is 19.6 Å². The minimum Gasteiger partial charge on any atom is -0.497 e. The third-order valence-electron chi connectivity index (χ3n) is 6.96. The molecular formula is C26H33ClN4O3. The van der Waals surface area contributed by atoms with E-state index < -0.39 is 0 Å². The summed E-state index contributed by atoms with van der Waals surface area (Å²) >= 11 is 6.46. The molecule has 1 aliphatic heterocycles. The zero-order valence-corrected chi connectivity index (χ0v) is 21.1. The molecule has 0 bridgehead atoms. The number of aryl methyl sites for hydroxylation is 2. The molecule has 1 aliphatic rings. The van der Waals surface area contributed by atoms with Crippen LogP contribution in [0.1, 0.15) is 40.2 Å². The van der Waals surface area contributed by atoms with Crippen LogP contribution in [0.4, 0.5) is 0 Å². The fourth-order valence-electron chi connectivity index (χ4n) is 4.96. The van der Waals surface area contributed by atoms with Gasteiger partial charge in [0.25, 0.3) is 5.91 Å². The van der Waals surface area contributed by atoms with Crippen LogP contribution in [0, 0.1) is 12.8 Å². The first-order chi connectivity index (χ1) is 16.4. The van der Waals surface area contributed by atoms with E-state index in [4.69, 9.17) is 20.8 Å². The Hall–Kier alpha value is -2.77. The Bertz CT molecular complexity index is 1100. The fraction of sp³-hybridized carbons (Fsp3) is 0.462. The third-order valence-corrected chi connectivity index (χ3v) is 7.43. The molecule has 7 nitrogen and oxygen atoms in total. The van der Waals surface area contributed by atoms with Gasteiger partial charge in [-0.05, 0) is 75.0 Å². The van der Waals surface area contributed by atoms with Crippen LogP contribution >= 0.6 is 11.6 Å². The standard InChI is InChI=1S/C26H33ClN4O3/c1-18-22(25(27)30(3)28-18)17-31-12-10-20(11-13-31)23(16-19-7-5-8-21(15-19)33-4)29(2)26(32)24-9-6-14-34-24/h5-9,14-15,20,23H,10-13,16-17H2,1-4H3/t23-/m0/s1. The van der Waals surface area contributed by atoms with Gasteiger partial charge < -0.3 is 14.1 Å². The molecule has 1 amide bonds. The van der Waals surface area contributed by atoms with Crippen molar-refractivity contribution in [1.29, 1.82) is 0 Å². The highest BCUT2D eigenvalue weighted by Gasteiger charge is 2.33. The van der Waals surface area contributed by atoms with Gasteiger partial charge in [-0.2, -0.15) is 5.10 Å². The number of benzene rings is 1. The van der Waals surface area contributed by atoms with Crippen molar-refractivity contribution >= 4 is 17.5 Å². The van der Waals surface area contributed by atoms with E-state index in [-0.39, 0.29) is 11.9 Å². The van der Waals surface area contributed by atoms with Crippen LogP contribution < -0.4 is 4.74 Å². The SMILES string of the molecule is COc1cccc(C[C@@H](C2CCN(Cc3c(C)nn(C)c3Cl)CC2)N(C)C(=O)c2ccco2)c1. The lowest BCUT2D eigenvalue weighted by atomic mass is 9.84. The van der Waals surface area contributed by atoms with Crippen molar-refractivity contribution in [3.63, 3.8) is 0 Å². The maximum atomic E-state index is 13.2. The fourth-order valence-corrected chi connectivity index (χ4v) is 5.19. The Morgan fingerprint density at radius 1 is 1.29 bits per heavy atom. The number of amides is 1. The maximum absolute atomic E-state index is 13.2. The van der Waals surface area contributed by atoms with Gasteiger partial charge in [0.2, 0.25) is 0 Å². The van der Waals surface area contributed by atoms with Gasteiger partial charge in [0.1, 0.15) is 10.9 Å². The molecular weight excluding hydrogens is 452 g/mol. The number of hydrogen-bond donors (Lipinski definition) is 0. The monoisotopic (exact) mass is 484 g/mol. The minimum atomic E-state index is -0.0851. The average Bonchev–Trinajstić information content (AvgIpc) is 3.47. The Kier molecular flexibility index (Phi) is 7.63. The highest BCUT2D eigenvalue weighted by atomic mass is 35.5.